The number of halogens is 2. The minimum Gasteiger partial charge on any atom is -0.456 e. The second-order valence-corrected chi connectivity index (χ2v) is 8.98. The number of amidine groups is 1. The fraction of sp³-hybridized carbons (Fsp3) is 0.400. The van der Waals surface area contributed by atoms with Crippen molar-refractivity contribution >= 4 is 41.0 Å². The predicted octanol–water partition coefficient (Wildman–Crippen LogP) is 5.74. The van der Waals surface area contributed by atoms with Crippen molar-refractivity contribution in [2.24, 2.45) is 4.40 Å². The van der Waals surface area contributed by atoms with Gasteiger partial charge in [-0.3, -0.25) is 4.98 Å². The second kappa shape index (κ2) is 6.87. The minimum atomic E-state index is -0.0374. The number of hydrogen-bond acceptors (Lipinski definition) is 5. The van der Waals surface area contributed by atoms with Crippen LogP contribution in [0.5, 0.6) is 11.5 Å². The zero-order chi connectivity index (χ0) is 18.4. The van der Waals surface area contributed by atoms with Crippen LogP contribution in [0.2, 0.25) is 10.0 Å². The summed E-state index contributed by atoms with van der Waals surface area (Å²) in [4.78, 5) is 7.33. The van der Waals surface area contributed by atoms with Gasteiger partial charge in [-0.05, 0) is 61.9 Å². The summed E-state index contributed by atoms with van der Waals surface area (Å²) in [5, 5.41) is 0.990. The fourth-order valence-corrected chi connectivity index (χ4v) is 5.58. The first-order valence-electron chi connectivity index (χ1n) is 9.22. The highest BCUT2D eigenvalue weighted by molar-refractivity contribution is 7.98. The van der Waals surface area contributed by atoms with Crippen LogP contribution < -0.4 is 4.74 Å². The Balaban J connectivity index is 1.42. The Labute approximate surface area is 173 Å². The number of nitrogens with zero attached hydrogens (tertiary/aromatic N) is 3. The van der Waals surface area contributed by atoms with E-state index in [1.54, 1.807) is 36.3 Å². The molecule has 4 aliphatic rings. The average molecular weight is 420 g/mol. The molecule has 0 N–H and O–H groups in total. The Bertz CT molecular complexity index is 895. The SMILES string of the molecule is Clc1ccc(Oc2ccc(C34CCC(CC3)N3CCSN=C34)nc2)cc1Cl. The number of aromatic nitrogens is 1. The average Bonchev–Trinajstić information content (AvgIpc) is 2.72. The van der Waals surface area contributed by atoms with Crippen LogP contribution in [-0.4, -0.2) is 34.1 Å². The Morgan fingerprint density at radius 3 is 2.63 bits per heavy atom. The van der Waals surface area contributed by atoms with E-state index in [4.69, 9.17) is 37.3 Å². The van der Waals surface area contributed by atoms with Crippen LogP contribution in [0.1, 0.15) is 31.4 Å². The van der Waals surface area contributed by atoms with E-state index in [0.29, 0.717) is 27.6 Å². The lowest BCUT2D eigenvalue weighted by molar-refractivity contribution is 0.150. The van der Waals surface area contributed by atoms with Crippen molar-refractivity contribution in [3.05, 3.63) is 52.3 Å². The van der Waals surface area contributed by atoms with Gasteiger partial charge in [-0.15, -0.1) is 0 Å². The van der Waals surface area contributed by atoms with Gasteiger partial charge in [0.15, 0.2) is 0 Å². The summed E-state index contributed by atoms with van der Waals surface area (Å²) in [5.74, 6) is 3.66. The highest BCUT2D eigenvalue weighted by Crippen LogP contribution is 2.49. The van der Waals surface area contributed by atoms with Crippen molar-refractivity contribution in [2.45, 2.75) is 37.1 Å². The number of piperidine rings is 2. The van der Waals surface area contributed by atoms with E-state index in [9.17, 15) is 0 Å². The van der Waals surface area contributed by atoms with Gasteiger partial charge in [-0.25, -0.2) is 4.40 Å². The quantitative estimate of drug-likeness (QED) is 0.594. The number of hydrogen-bond donors (Lipinski definition) is 0. The molecule has 0 unspecified atom stereocenters. The summed E-state index contributed by atoms with van der Waals surface area (Å²) in [6.07, 6.45) is 6.52. The lowest BCUT2D eigenvalue weighted by Gasteiger charge is -2.55. The van der Waals surface area contributed by atoms with E-state index in [1.807, 2.05) is 6.07 Å². The number of ether oxygens (including phenoxy) is 1. The van der Waals surface area contributed by atoms with E-state index in [1.165, 1.54) is 18.7 Å². The topological polar surface area (TPSA) is 37.7 Å². The maximum Gasteiger partial charge on any atom is 0.145 e. The van der Waals surface area contributed by atoms with Crippen LogP contribution in [0.3, 0.4) is 0 Å². The van der Waals surface area contributed by atoms with Crippen molar-refractivity contribution in [3.63, 3.8) is 0 Å². The molecule has 2 bridgehead atoms. The third kappa shape index (κ3) is 3.00. The van der Waals surface area contributed by atoms with E-state index in [2.05, 4.69) is 11.0 Å². The van der Waals surface area contributed by atoms with Crippen molar-refractivity contribution < 1.29 is 4.74 Å². The van der Waals surface area contributed by atoms with E-state index in [0.717, 1.165) is 30.8 Å². The molecule has 4 heterocycles. The van der Waals surface area contributed by atoms with Crippen LogP contribution in [0.4, 0.5) is 0 Å². The largest absolute Gasteiger partial charge is 0.456 e. The molecule has 0 radical (unpaired) electrons. The molecule has 3 fully saturated rings. The molecule has 2 saturated heterocycles. The highest BCUT2D eigenvalue weighted by Gasteiger charge is 2.52. The summed E-state index contributed by atoms with van der Waals surface area (Å²) in [6, 6.07) is 10.00. The molecule has 1 saturated carbocycles. The molecule has 1 aromatic heterocycles. The zero-order valence-electron chi connectivity index (χ0n) is 14.7. The van der Waals surface area contributed by atoms with Crippen molar-refractivity contribution in [1.82, 2.24) is 9.88 Å². The van der Waals surface area contributed by atoms with Crippen molar-refractivity contribution in [2.75, 3.05) is 12.3 Å². The molecule has 1 aliphatic carbocycles. The van der Waals surface area contributed by atoms with Gasteiger partial charge in [0, 0.05) is 24.4 Å². The molecule has 2 aromatic rings. The van der Waals surface area contributed by atoms with Gasteiger partial charge in [-0.1, -0.05) is 23.2 Å². The molecular formula is C20H19Cl2N3OS. The van der Waals surface area contributed by atoms with Crippen LogP contribution >= 0.6 is 35.1 Å². The van der Waals surface area contributed by atoms with Gasteiger partial charge in [0.25, 0.3) is 0 Å². The maximum atomic E-state index is 6.07. The Hall–Kier alpha value is -1.43. The third-order valence-electron chi connectivity index (χ3n) is 5.88. The first kappa shape index (κ1) is 17.7. The van der Waals surface area contributed by atoms with Gasteiger partial charge in [-0.2, -0.15) is 0 Å². The second-order valence-electron chi connectivity index (χ2n) is 7.31. The van der Waals surface area contributed by atoms with E-state index in [-0.39, 0.29) is 5.41 Å². The van der Waals surface area contributed by atoms with Gasteiger partial charge in [0.1, 0.15) is 17.3 Å². The standard InChI is InChI=1S/C20H19Cl2N3OS/c21-16-3-1-14(11-17(16)22)26-15-2-4-18(23-12-15)20-7-5-13(6-8-20)25-9-10-27-24-19(20)25/h1-4,11-13H,5-10H2. The van der Waals surface area contributed by atoms with Gasteiger partial charge in [0.2, 0.25) is 0 Å². The molecule has 4 nitrogen and oxygen atoms in total. The van der Waals surface area contributed by atoms with Crippen LogP contribution in [0.25, 0.3) is 0 Å². The molecule has 6 rings (SSSR count). The van der Waals surface area contributed by atoms with Crippen molar-refractivity contribution in [3.8, 4) is 11.5 Å². The van der Waals surface area contributed by atoms with Crippen LogP contribution in [-0.2, 0) is 5.41 Å². The molecule has 7 heteroatoms. The monoisotopic (exact) mass is 419 g/mol. The van der Waals surface area contributed by atoms with E-state index < -0.39 is 0 Å². The van der Waals surface area contributed by atoms with Crippen LogP contribution in [0.15, 0.2) is 40.9 Å². The fourth-order valence-electron chi connectivity index (χ4n) is 4.52. The Kier molecular flexibility index (Phi) is 4.49. The van der Waals surface area contributed by atoms with Crippen LogP contribution in [0, 0.1) is 0 Å². The van der Waals surface area contributed by atoms with E-state index >= 15 is 0 Å². The number of fused-ring (bicyclic) bond motifs is 2. The summed E-state index contributed by atoms with van der Waals surface area (Å²) >= 11 is 13.7. The Morgan fingerprint density at radius 1 is 1.07 bits per heavy atom. The third-order valence-corrected chi connectivity index (χ3v) is 7.28. The normalized spacial score (nSPS) is 26.5. The number of rotatable bonds is 3. The highest BCUT2D eigenvalue weighted by atomic mass is 35.5. The van der Waals surface area contributed by atoms with Crippen molar-refractivity contribution in [1.29, 1.82) is 0 Å². The lowest BCUT2D eigenvalue weighted by Crippen LogP contribution is -2.61. The summed E-state index contributed by atoms with van der Waals surface area (Å²) in [7, 11) is 0. The lowest BCUT2D eigenvalue weighted by atomic mass is 9.64. The predicted molar refractivity (Wildman–Crippen MR) is 111 cm³/mol. The first-order chi connectivity index (χ1) is 13.2. The number of pyridine rings is 1. The molecular weight excluding hydrogens is 401 g/mol. The molecule has 3 aliphatic heterocycles. The molecule has 140 valence electrons. The summed E-state index contributed by atoms with van der Waals surface area (Å²) in [6.45, 7) is 1.11. The first-order valence-corrected chi connectivity index (χ1v) is 10.9. The Morgan fingerprint density at radius 2 is 1.89 bits per heavy atom. The molecule has 0 amide bonds. The minimum absolute atomic E-state index is 0.0374. The molecule has 27 heavy (non-hydrogen) atoms. The van der Waals surface area contributed by atoms with Gasteiger partial charge < -0.3 is 9.64 Å². The smallest absolute Gasteiger partial charge is 0.145 e. The molecule has 0 atom stereocenters. The molecule has 1 aromatic carbocycles. The van der Waals surface area contributed by atoms with Gasteiger partial charge in [0.05, 0.1) is 27.4 Å². The maximum absolute atomic E-state index is 6.07. The molecule has 0 spiro atoms. The summed E-state index contributed by atoms with van der Waals surface area (Å²) in [5.41, 5.74) is 1.07. The summed E-state index contributed by atoms with van der Waals surface area (Å²) < 4.78 is 10.7. The number of benzene rings is 1. The van der Waals surface area contributed by atoms with Gasteiger partial charge >= 0.3 is 0 Å². The zero-order valence-corrected chi connectivity index (χ0v) is 17.0.